The van der Waals surface area contributed by atoms with Crippen LogP contribution in [0.15, 0.2) is 28.1 Å². The average Bonchev–Trinajstić information content (AvgIpc) is 2.89. The molecule has 0 saturated heterocycles. The summed E-state index contributed by atoms with van der Waals surface area (Å²) in [5.74, 6) is -0.177. The molecule has 4 nitrogen and oxygen atoms in total. The van der Waals surface area contributed by atoms with Crippen LogP contribution in [0.1, 0.15) is 24.6 Å². The number of halogens is 1. The SMILES string of the molecule is CCOC(=O)CCc1csc(Nc2ccc(Br)c(C)c2)n1. The van der Waals surface area contributed by atoms with Crippen LogP contribution in [0, 0.1) is 6.92 Å². The summed E-state index contributed by atoms with van der Waals surface area (Å²) in [5, 5.41) is 6.07. The van der Waals surface area contributed by atoms with Crippen LogP contribution in [-0.4, -0.2) is 17.6 Å². The van der Waals surface area contributed by atoms with Crippen molar-refractivity contribution in [3.05, 3.63) is 39.3 Å². The first kappa shape index (κ1) is 16.0. The number of hydrogen-bond acceptors (Lipinski definition) is 5. The summed E-state index contributed by atoms with van der Waals surface area (Å²) in [6, 6.07) is 6.06. The molecular weight excluding hydrogens is 352 g/mol. The van der Waals surface area contributed by atoms with Gasteiger partial charge >= 0.3 is 5.97 Å². The van der Waals surface area contributed by atoms with E-state index < -0.39 is 0 Å². The third kappa shape index (κ3) is 4.82. The molecule has 21 heavy (non-hydrogen) atoms. The fraction of sp³-hybridized carbons (Fsp3) is 0.333. The number of anilines is 2. The van der Waals surface area contributed by atoms with Crippen LogP contribution < -0.4 is 5.32 Å². The van der Waals surface area contributed by atoms with Gasteiger partial charge in [0, 0.05) is 22.0 Å². The number of rotatable bonds is 6. The van der Waals surface area contributed by atoms with Gasteiger partial charge in [0.2, 0.25) is 0 Å². The predicted molar refractivity (Wildman–Crippen MR) is 89.2 cm³/mol. The minimum atomic E-state index is -0.177. The van der Waals surface area contributed by atoms with Gasteiger partial charge in [0.05, 0.1) is 18.7 Å². The van der Waals surface area contributed by atoms with Gasteiger partial charge in [-0.05, 0) is 37.6 Å². The Bertz CT molecular complexity index is 628. The maximum Gasteiger partial charge on any atom is 0.306 e. The van der Waals surface area contributed by atoms with Crippen molar-refractivity contribution >= 4 is 44.1 Å². The van der Waals surface area contributed by atoms with Gasteiger partial charge < -0.3 is 10.1 Å². The number of aromatic nitrogens is 1. The van der Waals surface area contributed by atoms with Crippen molar-refractivity contribution in [3.8, 4) is 0 Å². The quantitative estimate of drug-likeness (QED) is 0.765. The monoisotopic (exact) mass is 368 g/mol. The lowest BCUT2D eigenvalue weighted by molar-refractivity contribution is -0.143. The molecule has 0 aliphatic heterocycles. The largest absolute Gasteiger partial charge is 0.466 e. The lowest BCUT2D eigenvalue weighted by atomic mass is 10.2. The Labute approximate surface area is 136 Å². The van der Waals surface area contributed by atoms with Gasteiger partial charge in [0.15, 0.2) is 5.13 Å². The molecule has 0 saturated carbocycles. The minimum absolute atomic E-state index is 0.177. The molecule has 0 atom stereocenters. The number of carbonyl (C=O) groups is 1. The second kappa shape index (κ2) is 7.56. The van der Waals surface area contributed by atoms with Gasteiger partial charge in [-0.3, -0.25) is 4.79 Å². The number of carbonyl (C=O) groups excluding carboxylic acids is 1. The molecule has 0 amide bonds. The van der Waals surface area contributed by atoms with Crippen molar-refractivity contribution in [3.63, 3.8) is 0 Å². The molecule has 1 aromatic heterocycles. The summed E-state index contributed by atoms with van der Waals surface area (Å²) in [6.07, 6.45) is 0.977. The first-order valence-corrected chi connectivity index (χ1v) is 8.39. The third-order valence-electron chi connectivity index (χ3n) is 2.85. The molecule has 0 unspecified atom stereocenters. The van der Waals surface area contributed by atoms with E-state index >= 15 is 0 Å². The highest BCUT2D eigenvalue weighted by atomic mass is 79.9. The van der Waals surface area contributed by atoms with E-state index in [2.05, 4.69) is 32.3 Å². The molecule has 0 radical (unpaired) electrons. The second-order valence-corrected chi connectivity index (χ2v) is 6.25. The summed E-state index contributed by atoms with van der Waals surface area (Å²) >= 11 is 5.01. The number of thiazole rings is 1. The smallest absolute Gasteiger partial charge is 0.306 e. The number of hydrogen-bond donors (Lipinski definition) is 1. The summed E-state index contributed by atoms with van der Waals surface area (Å²) in [5.41, 5.74) is 3.07. The summed E-state index contributed by atoms with van der Waals surface area (Å²) in [4.78, 5) is 15.8. The molecule has 1 heterocycles. The second-order valence-electron chi connectivity index (χ2n) is 4.54. The van der Waals surface area contributed by atoms with Gasteiger partial charge in [-0.15, -0.1) is 11.3 Å². The number of ether oxygens (including phenoxy) is 1. The van der Waals surface area contributed by atoms with E-state index in [1.54, 1.807) is 0 Å². The fourth-order valence-corrected chi connectivity index (χ4v) is 2.80. The number of esters is 1. The zero-order valence-corrected chi connectivity index (χ0v) is 14.4. The van der Waals surface area contributed by atoms with E-state index in [-0.39, 0.29) is 5.97 Å². The van der Waals surface area contributed by atoms with Crippen LogP contribution in [0.5, 0.6) is 0 Å². The molecule has 1 aromatic carbocycles. The Kier molecular flexibility index (Phi) is 5.76. The van der Waals surface area contributed by atoms with Crippen molar-refractivity contribution in [1.82, 2.24) is 4.98 Å². The molecule has 2 aromatic rings. The molecule has 2 rings (SSSR count). The summed E-state index contributed by atoms with van der Waals surface area (Å²) in [7, 11) is 0. The average molecular weight is 369 g/mol. The first-order valence-electron chi connectivity index (χ1n) is 6.71. The van der Waals surface area contributed by atoms with E-state index in [1.807, 2.05) is 31.4 Å². The topological polar surface area (TPSA) is 51.2 Å². The lowest BCUT2D eigenvalue weighted by Gasteiger charge is -2.05. The van der Waals surface area contributed by atoms with Crippen LogP contribution in [0.25, 0.3) is 0 Å². The minimum Gasteiger partial charge on any atom is -0.466 e. The zero-order chi connectivity index (χ0) is 15.2. The number of aryl methyl sites for hydroxylation is 2. The van der Waals surface area contributed by atoms with E-state index in [9.17, 15) is 4.79 Å². The van der Waals surface area contributed by atoms with Crippen LogP contribution in [0.3, 0.4) is 0 Å². The number of nitrogens with one attached hydrogen (secondary N) is 1. The molecule has 0 aliphatic rings. The summed E-state index contributed by atoms with van der Waals surface area (Å²) in [6.45, 7) is 4.27. The van der Waals surface area contributed by atoms with E-state index in [0.717, 1.165) is 21.0 Å². The molecule has 112 valence electrons. The van der Waals surface area contributed by atoms with Crippen LogP contribution in [0.2, 0.25) is 0 Å². The van der Waals surface area contributed by atoms with E-state index in [4.69, 9.17) is 4.74 Å². The normalized spacial score (nSPS) is 10.4. The zero-order valence-electron chi connectivity index (χ0n) is 12.0. The van der Waals surface area contributed by atoms with E-state index in [0.29, 0.717) is 19.4 Å². The van der Waals surface area contributed by atoms with Gasteiger partial charge in [0.25, 0.3) is 0 Å². The third-order valence-corrected chi connectivity index (χ3v) is 4.55. The maximum absolute atomic E-state index is 11.3. The fourth-order valence-electron chi connectivity index (χ4n) is 1.79. The van der Waals surface area contributed by atoms with Gasteiger partial charge in [-0.25, -0.2) is 4.98 Å². The van der Waals surface area contributed by atoms with Crippen molar-refractivity contribution in [2.24, 2.45) is 0 Å². The van der Waals surface area contributed by atoms with Crippen LogP contribution >= 0.6 is 27.3 Å². The van der Waals surface area contributed by atoms with Gasteiger partial charge in [-0.1, -0.05) is 15.9 Å². The highest BCUT2D eigenvalue weighted by molar-refractivity contribution is 9.10. The van der Waals surface area contributed by atoms with Crippen LogP contribution in [0.4, 0.5) is 10.8 Å². The molecular formula is C15H17BrN2O2S. The van der Waals surface area contributed by atoms with Gasteiger partial charge in [-0.2, -0.15) is 0 Å². The Morgan fingerprint density at radius 1 is 1.48 bits per heavy atom. The lowest BCUT2D eigenvalue weighted by Crippen LogP contribution is -2.05. The summed E-state index contributed by atoms with van der Waals surface area (Å²) < 4.78 is 5.99. The predicted octanol–water partition coefficient (Wildman–Crippen LogP) is 4.45. The standard InChI is InChI=1S/C15H17BrN2O2S/c1-3-20-14(19)7-5-12-9-21-15(18-12)17-11-4-6-13(16)10(2)8-11/h4,6,8-9H,3,5,7H2,1-2H3,(H,17,18). The Morgan fingerprint density at radius 3 is 3.00 bits per heavy atom. The first-order chi connectivity index (χ1) is 10.1. The molecule has 1 N–H and O–H groups in total. The molecule has 0 bridgehead atoms. The van der Waals surface area contributed by atoms with Crippen molar-refractivity contribution < 1.29 is 9.53 Å². The highest BCUT2D eigenvalue weighted by Gasteiger charge is 2.07. The number of nitrogens with zero attached hydrogens (tertiary/aromatic N) is 1. The Balaban J connectivity index is 1.93. The van der Waals surface area contributed by atoms with Crippen molar-refractivity contribution in [2.45, 2.75) is 26.7 Å². The molecule has 0 fully saturated rings. The highest BCUT2D eigenvalue weighted by Crippen LogP contribution is 2.25. The Hall–Kier alpha value is -1.40. The number of benzene rings is 1. The van der Waals surface area contributed by atoms with Gasteiger partial charge in [0.1, 0.15) is 0 Å². The molecule has 0 aliphatic carbocycles. The van der Waals surface area contributed by atoms with E-state index in [1.165, 1.54) is 16.9 Å². The molecule has 6 heteroatoms. The van der Waals surface area contributed by atoms with Crippen molar-refractivity contribution in [1.29, 1.82) is 0 Å². The maximum atomic E-state index is 11.3. The Morgan fingerprint density at radius 2 is 2.29 bits per heavy atom. The van der Waals surface area contributed by atoms with Crippen LogP contribution in [-0.2, 0) is 16.0 Å². The molecule has 0 spiro atoms. The van der Waals surface area contributed by atoms with Crippen molar-refractivity contribution in [2.75, 3.05) is 11.9 Å².